The summed E-state index contributed by atoms with van der Waals surface area (Å²) in [6.07, 6.45) is 8.65. The monoisotopic (exact) mass is 367 g/mol. The Morgan fingerprint density at radius 3 is 2.63 bits per heavy atom. The first-order chi connectivity index (χ1) is 13.2. The number of hydrogen-bond donors (Lipinski definition) is 2. The Hall–Kier alpha value is -2.40. The molecule has 5 nitrogen and oxygen atoms in total. The summed E-state index contributed by atoms with van der Waals surface area (Å²) in [6.45, 7) is 4.34. The maximum absolute atomic E-state index is 10.5. The van der Waals surface area contributed by atoms with Crippen molar-refractivity contribution in [2.75, 3.05) is 0 Å². The first-order valence-corrected chi connectivity index (χ1v) is 9.87. The molecule has 0 saturated carbocycles. The van der Waals surface area contributed by atoms with Crippen molar-refractivity contribution in [1.82, 2.24) is 14.5 Å². The summed E-state index contributed by atoms with van der Waals surface area (Å²) < 4.78 is 2.17. The number of rotatable bonds is 9. The fourth-order valence-corrected chi connectivity index (χ4v) is 3.53. The molecule has 0 aliphatic heterocycles. The van der Waals surface area contributed by atoms with Crippen molar-refractivity contribution in [1.29, 1.82) is 0 Å². The molecular formula is C22H29N3O2. The van der Waals surface area contributed by atoms with Gasteiger partial charge in [-0.2, -0.15) is 0 Å². The van der Waals surface area contributed by atoms with Crippen molar-refractivity contribution < 1.29 is 10.2 Å². The molecule has 0 amide bonds. The number of fused-ring (bicyclic) bond motifs is 1. The van der Waals surface area contributed by atoms with Gasteiger partial charge in [0, 0.05) is 23.7 Å². The summed E-state index contributed by atoms with van der Waals surface area (Å²) >= 11 is 0. The molecule has 0 saturated heterocycles. The SMILES string of the molecule is CCCCCCCc1nc2ccccc2n1Cc1c(CO)cnc(C)c1O. The lowest BCUT2D eigenvalue weighted by molar-refractivity contribution is 0.278. The quantitative estimate of drug-likeness (QED) is 0.546. The van der Waals surface area contributed by atoms with E-state index in [0.717, 1.165) is 35.3 Å². The van der Waals surface area contributed by atoms with Crippen LogP contribution < -0.4 is 0 Å². The van der Waals surface area contributed by atoms with Gasteiger partial charge in [-0.15, -0.1) is 0 Å². The highest BCUT2D eigenvalue weighted by atomic mass is 16.3. The van der Waals surface area contributed by atoms with E-state index >= 15 is 0 Å². The molecular weight excluding hydrogens is 338 g/mol. The van der Waals surface area contributed by atoms with Crippen LogP contribution in [0.15, 0.2) is 30.5 Å². The van der Waals surface area contributed by atoms with Crippen LogP contribution in [0.4, 0.5) is 0 Å². The zero-order valence-corrected chi connectivity index (χ0v) is 16.3. The van der Waals surface area contributed by atoms with Gasteiger partial charge >= 0.3 is 0 Å². The molecule has 3 aromatic rings. The molecule has 2 N–H and O–H groups in total. The van der Waals surface area contributed by atoms with E-state index in [4.69, 9.17) is 4.98 Å². The number of pyridine rings is 1. The summed E-state index contributed by atoms with van der Waals surface area (Å²) in [5.41, 5.74) is 3.98. The molecule has 0 unspecified atom stereocenters. The fraction of sp³-hybridized carbons (Fsp3) is 0.455. The number of aliphatic hydroxyl groups excluding tert-OH is 1. The van der Waals surface area contributed by atoms with Crippen LogP contribution in [-0.2, 0) is 19.6 Å². The van der Waals surface area contributed by atoms with Crippen LogP contribution in [0.3, 0.4) is 0 Å². The van der Waals surface area contributed by atoms with Crippen molar-refractivity contribution in [2.45, 2.75) is 65.5 Å². The molecule has 0 atom stereocenters. The standard InChI is InChI=1S/C22H29N3O2/c1-3-4-5-6-7-12-21-24-19-10-8-9-11-20(19)25(21)14-18-17(15-26)13-23-16(2)22(18)27/h8-11,13,26-27H,3-7,12,14-15H2,1-2H3. The maximum Gasteiger partial charge on any atom is 0.142 e. The van der Waals surface area contributed by atoms with Gasteiger partial charge in [0.05, 0.1) is 29.9 Å². The maximum atomic E-state index is 10.5. The molecule has 3 rings (SSSR count). The van der Waals surface area contributed by atoms with Crippen LogP contribution in [0.1, 0.15) is 61.7 Å². The van der Waals surface area contributed by atoms with Crippen molar-refractivity contribution in [3.05, 3.63) is 53.1 Å². The number of aryl methyl sites for hydroxylation is 2. The Morgan fingerprint density at radius 2 is 1.85 bits per heavy atom. The molecule has 2 aromatic heterocycles. The van der Waals surface area contributed by atoms with Crippen LogP contribution >= 0.6 is 0 Å². The molecule has 0 bridgehead atoms. The number of hydrogen-bond acceptors (Lipinski definition) is 4. The van der Waals surface area contributed by atoms with Gasteiger partial charge in [0.1, 0.15) is 11.6 Å². The van der Waals surface area contributed by atoms with E-state index in [0.29, 0.717) is 17.8 Å². The number of aromatic nitrogens is 3. The zero-order chi connectivity index (χ0) is 19.2. The molecule has 0 fully saturated rings. The molecule has 27 heavy (non-hydrogen) atoms. The van der Waals surface area contributed by atoms with Crippen molar-refractivity contribution in [3.63, 3.8) is 0 Å². The normalized spacial score (nSPS) is 11.4. The van der Waals surface area contributed by atoms with E-state index in [-0.39, 0.29) is 12.4 Å². The van der Waals surface area contributed by atoms with Gasteiger partial charge in [-0.3, -0.25) is 4.98 Å². The van der Waals surface area contributed by atoms with Gasteiger partial charge in [-0.05, 0) is 25.5 Å². The zero-order valence-electron chi connectivity index (χ0n) is 16.3. The molecule has 0 radical (unpaired) electrons. The molecule has 2 heterocycles. The summed E-state index contributed by atoms with van der Waals surface area (Å²) in [6, 6.07) is 8.09. The smallest absolute Gasteiger partial charge is 0.142 e. The number of unbranched alkanes of at least 4 members (excludes halogenated alkanes) is 4. The minimum atomic E-state index is -0.144. The second kappa shape index (κ2) is 9.00. The minimum absolute atomic E-state index is 0.144. The van der Waals surface area contributed by atoms with Crippen LogP contribution in [0.5, 0.6) is 5.75 Å². The number of aliphatic hydroxyl groups is 1. The third kappa shape index (κ3) is 4.30. The second-order valence-corrected chi connectivity index (χ2v) is 7.12. The van der Waals surface area contributed by atoms with Crippen molar-refractivity contribution in [2.24, 2.45) is 0 Å². The molecule has 5 heteroatoms. The Balaban J connectivity index is 1.93. The summed E-state index contributed by atoms with van der Waals surface area (Å²) in [4.78, 5) is 9.00. The predicted octanol–water partition coefficient (Wildman–Crippen LogP) is 4.50. The van der Waals surface area contributed by atoms with Gasteiger partial charge in [-0.25, -0.2) is 4.98 Å². The lowest BCUT2D eigenvalue weighted by Crippen LogP contribution is -2.09. The lowest BCUT2D eigenvalue weighted by atomic mass is 10.1. The van der Waals surface area contributed by atoms with Gasteiger partial charge in [0.15, 0.2) is 0 Å². The fourth-order valence-electron chi connectivity index (χ4n) is 3.53. The molecule has 1 aromatic carbocycles. The number of imidazole rings is 1. The van der Waals surface area contributed by atoms with Gasteiger partial charge in [0.25, 0.3) is 0 Å². The Kier molecular flexibility index (Phi) is 6.45. The van der Waals surface area contributed by atoms with Crippen LogP contribution in [0, 0.1) is 6.92 Å². The lowest BCUT2D eigenvalue weighted by Gasteiger charge is -2.15. The highest BCUT2D eigenvalue weighted by Gasteiger charge is 2.16. The van der Waals surface area contributed by atoms with E-state index in [2.05, 4.69) is 22.5 Å². The number of nitrogens with zero attached hydrogens (tertiary/aromatic N) is 3. The summed E-state index contributed by atoms with van der Waals surface area (Å²) in [5.74, 6) is 1.19. The van der Waals surface area contributed by atoms with Gasteiger partial charge in [0.2, 0.25) is 0 Å². The van der Waals surface area contributed by atoms with Crippen LogP contribution in [0.25, 0.3) is 11.0 Å². The van der Waals surface area contributed by atoms with Crippen LogP contribution in [0.2, 0.25) is 0 Å². The van der Waals surface area contributed by atoms with Crippen LogP contribution in [-0.4, -0.2) is 24.7 Å². The van der Waals surface area contributed by atoms with E-state index in [1.165, 1.54) is 25.7 Å². The first-order valence-electron chi connectivity index (χ1n) is 9.87. The molecule has 0 spiro atoms. The molecule has 0 aliphatic carbocycles. The average molecular weight is 367 g/mol. The molecule has 144 valence electrons. The number of para-hydroxylation sites is 2. The molecule has 0 aliphatic rings. The Morgan fingerprint density at radius 1 is 1.07 bits per heavy atom. The van der Waals surface area contributed by atoms with Crippen molar-refractivity contribution >= 4 is 11.0 Å². The third-order valence-electron chi connectivity index (χ3n) is 5.15. The Labute approximate surface area is 160 Å². The second-order valence-electron chi connectivity index (χ2n) is 7.12. The van der Waals surface area contributed by atoms with E-state index in [1.54, 1.807) is 13.1 Å². The Bertz CT molecular complexity index is 902. The number of aromatic hydroxyl groups is 1. The van der Waals surface area contributed by atoms with Gasteiger partial charge in [-0.1, -0.05) is 44.7 Å². The largest absolute Gasteiger partial charge is 0.506 e. The number of benzene rings is 1. The topological polar surface area (TPSA) is 71.2 Å². The minimum Gasteiger partial charge on any atom is -0.506 e. The van der Waals surface area contributed by atoms with E-state index < -0.39 is 0 Å². The van der Waals surface area contributed by atoms with Gasteiger partial charge < -0.3 is 14.8 Å². The van der Waals surface area contributed by atoms with E-state index in [9.17, 15) is 10.2 Å². The average Bonchev–Trinajstić information content (AvgIpc) is 3.03. The summed E-state index contributed by atoms with van der Waals surface area (Å²) in [7, 11) is 0. The summed E-state index contributed by atoms with van der Waals surface area (Å²) in [5, 5.41) is 20.2. The van der Waals surface area contributed by atoms with E-state index in [1.807, 2.05) is 18.2 Å². The third-order valence-corrected chi connectivity index (χ3v) is 5.15. The first kappa shape index (κ1) is 19.4. The highest BCUT2D eigenvalue weighted by Crippen LogP contribution is 2.27. The highest BCUT2D eigenvalue weighted by molar-refractivity contribution is 5.76. The predicted molar refractivity (Wildman–Crippen MR) is 108 cm³/mol. The van der Waals surface area contributed by atoms with Crippen molar-refractivity contribution in [3.8, 4) is 5.75 Å².